The third-order valence-electron chi connectivity index (χ3n) is 3.86. The average Bonchev–Trinajstić information content (AvgIpc) is 2.48. The number of rotatable bonds is 2. The lowest BCUT2D eigenvalue weighted by Crippen LogP contribution is -2.31. The topological polar surface area (TPSA) is 24.9 Å². The van der Waals surface area contributed by atoms with Crippen LogP contribution in [0.5, 0.6) is 0 Å². The van der Waals surface area contributed by atoms with Gasteiger partial charge in [0.15, 0.2) is 0 Å². The number of aromatic nitrogens is 1. The molecule has 116 valence electrons. The number of nitrogens with zero attached hydrogens (tertiary/aromatic N) is 1. The summed E-state index contributed by atoms with van der Waals surface area (Å²) < 4.78 is 37.9. The Kier molecular flexibility index (Phi) is 4.10. The van der Waals surface area contributed by atoms with Crippen molar-refractivity contribution in [3.63, 3.8) is 0 Å². The van der Waals surface area contributed by atoms with Crippen molar-refractivity contribution in [2.75, 3.05) is 6.54 Å². The number of pyridine rings is 1. The summed E-state index contributed by atoms with van der Waals surface area (Å²) in [6.45, 7) is 0.833. The summed E-state index contributed by atoms with van der Waals surface area (Å²) in [5.74, 6) is 0. The molecule has 0 aliphatic carbocycles. The molecule has 0 bridgehead atoms. The molecule has 0 fully saturated rings. The highest BCUT2D eigenvalue weighted by atomic mass is 35.5. The van der Waals surface area contributed by atoms with Gasteiger partial charge in [0.05, 0.1) is 16.3 Å². The van der Waals surface area contributed by atoms with Crippen molar-refractivity contribution in [1.82, 2.24) is 10.3 Å². The SMILES string of the molecule is FC(F)(F)c1cnc(CC2NCCc3ccccc32)c(Cl)c1. The lowest BCUT2D eigenvalue weighted by Gasteiger charge is -2.27. The van der Waals surface area contributed by atoms with Crippen molar-refractivity contribution < 1.29 is 13.2 Å². The molecule has 2 aromatic rings. The van der Waals surface area contributed by atoms with E-state index in [2.05, 4.69) is 16.4 Å². The lowest BCUT2D eigenvalue weighted by molar-refractivity contribution is -0.137. The monoisotopic (exact) mass is 326 g/mol. The number of alkyl halides is 3. The van der Waals surface area contributed by atoms with Crippen molar-refractivity contribution in [2.45, 2.75) is 25.1 Å². The van der Waals surface area contributed by atoms with E-state index in [0.29, 0.717) is 12.1 Å². The number of benzene rings is 1. The Balaban J connectivity index is 1.86. The van der Waals surface area contributed by atoms with Gasteiger partial charge in [0, 0.05) is 18.7 Å². The molecule has 2 heterocycles. The standard InChI is InChI=1S/C16H14ClF3N2/c17-13-7-11(16(18,19)20)9-22-15(13)8-14-12-4-2-1-3-10(12)5-6-21-14/h1-4,7,9,14,21H,5-6,8H2. The van der Waals surface area contributed by atoms with E-state index in [1.54, 1.807) is 0 Å². The van der Waals surface area contributed by atoms with Gasteiger partial charge < -0.3 is 5.32 Å². The van der Waals surface area contributed by atoms with Crippen molar-refractivity contribution >= 4 is 11.6 Å². The Morgan fingerprint density at radius 2 is 2.05 bits per heavy atom. The number of hydrogen-bond acceptors (Lipinski definition) is 2. The summed E-state index contributed by atoms with van der Waals surface area (Å²) in [4.78, 5) is 3.92. The summed E-state index contributed by atoms with van der Waals surface area (Å²) in [6.07, 6.45) is -2.17. The maximum atomic E-state index is 12.6. The second-order valence-electron chi connectivity index (χ2n) is 5.31. The van der Waals surface area contributed by atoms with Crippen LogP contribution >= 0.6 is 11.6 Å². The predicted octanol–water partition coefficient (Wildman–Crippen LogP) is 4.18. The minimum atomic E-state index is -4.43. The zero-order valence-electron chi connectivity index (χ0n) is 11.6. The Labute approximate surface area is 131 Å². The Morgan fingerprint density at radius 1 is 1.27 bits per heavy atom. The maximum Gasteiger partial charge on any atom is 0.417 e. The number of hydrogen-bond donors (Lipinski definition) is 1. The van der Waals surface area contributed by atoms with Crippen LogP contribution < -0.4 is 5.32 Å². The fourth-order valence-electron chi connectivity index (χ4n) is 2.74. The number of nitrogens with one attached hydrogen (secondary N) is 1. The lowest BCUT2D eigenvalue weighted by atomic mass is 9.91. The van der Waals surface area contributed by atoms with E-state index in [9.17, 15) is 13.2 Å². The quantitative estimate of drug-likeness (QED) is 0.895. The van der Waals surface area contributed by atoms with E-state index in [0.717, 1.165) is 30.8 Å². The highest BCUT2D eigenvalue weighted by Gasteiger charge is 2.32. The van der Waals surface area contributed by atoms with Gasteiger partial charge in [0.2, 0.25) is 0 Å². The van der Waals surface area contributed by atoms with Crippen LogP contribution in [-0.4, -0.2) is 11.5 Å². The van der Waals surface area contributed by atoms with Crippen LogP contribution in [0, 0.1) is 0 Å². The van der Waals surface area contributed by atoms with Gasteiger partial charge in [-0.3, -0.25) is 4.98 Å². The fourth-order valence-corrected chi connectivity index (χ4v) is 2.98. The van der Waals surface area contributed by atoms with E-state index in [4.69, 9.17) is 11.6 Å². The molecule has 1 N–H and O–H groups in total. The van der Waals surface area contributed by atoms with E-state index in [-0.39, 0.29) is 11.1 Å². The van der Waals surface area contributed by atoms with E-state index < -0.39 is 11.7 Å². The molecule has 0 spiro atoms. The van der Waals surface area contributed by atoms with Crippen LogP contribution in [0.1, 0.15) is 28.4 Å². The van der Waals surface area contributed by atoms with Gasteiger partial charge in [-0.1, -0.05) is 35.9 Å². The zero-order valence-corrected chi connectivity index (χ0v) is 12.4. The zero-order chi connectivity index (χ0) is 15.7. The van der Waals surface area contributed by atoms with E-state index >= 15 is 0 Å². The molecule has 0 radical (unpaired) electrons. The van der Waals surface area contributed by atoms with Crippen molar-refractivity contribution in [2.24, 2.45) is 0 Å². The first-order valence-corrected chi connectivity index (χ1v) is 7.36. The Morgan fingerprint density at radius 3 is 2.77 bits per heavy atom. The molecule has 22 heavy (non-hydrogen) atoms. The van der Waals surface area contributed by atoms with Gasteiger partial charge in [-0.05, 0) is 30.2 Å². The second-order valence-corrected chi connectivity index (χ2v) is 5.72. The molecule has 0 saturated heterocycles. The molecule has 0 amide bonds. The predicted molar refractivity (Wildman–Crippen MR) is 78.8 cm³/mol. The van der Waals surface area contributed by atoms with Crippen LogP contribution in [0.15, 0.2) is 36.5 Å². The normalized spacial score (nSPS) is 18.1. The highest BCUT2D eigenvalue weighted by molar-refractivity contribution is 6.31. The third-order valence-corrected chi connectivity index (χ3v) is 4.19. The van der Waals surface area contributed by atoms with E-state index in [1.807, 2.05) is 18.2 Å². The molecule has 1 aromatic heterocycles. The van der Waals surface area contributed by atoms with Gasteiger partial charge in [0.25, 0.3) is 0 Å². The average molecular weight is 327 g/mol. The summed E-state index contributed by atoms with van der Waals surface area (Å²) in [7, 11) is 0. The van der Waals surface area contributed by atoms with Crippen LogP contribution in [0.25, 0.3) is 0 Å². The van der Waals surface area contributed by atoms with Gasteiger partial charge in [-0.15, -0.1) is 0 Å². The van der Waals surface area contributed by atoms with Crippen LogP contribution in [0.4, 0.5) is 13.2 Å². The van der Waals surface area contributed by atoms with Gasteiger partial charge in [0.1, 0.15) is 0 Å². The number of halogens is 4. The molecule has 1 atom stereocenters. The largest absolute Gasteiger partial charge is 0.417 e. The molecule has 2 nitrogen and oxygen atoms in total. The smallest absolute Gasteiger partial charge is 0.309 e. The molecule has 0 saturated carbocycles. The first-order valence-electron chi connectivity index (χ1n) is 6.98. The van der Waals surface area contributed by atoms with Gasteiger partial charge in [-0.25, -0.2) is 0 Å². The Hall–Kier alpha value is -1.59. The minimum Gasteiger partial charge on any atom is -0.309 e. The molecule has 1 unspecified atom stereocenters. The van der Waals surface area contributed by atoms with Crippen LogP contribution in [-0.2, 0) is 19.0 Å². The van der Waals surface area contributed by atoms with Gasteiger partial charge >= 0.3 is 6.18 Å². The first kappa shape index (κ1) is 15.3. The van der Waals surface area contributed by atoms with Crippen molar-refractivity contribution in [3.8, 4) is 0 Å². The number of fused-ring (bicyclic) bond motifs is 1. The Bertz CT molecular complexity index is 685. The summed E-state index contributed by atoms with van der Waals surface area (Å²) >= 11 is 5.99. The maximum absolute atomic E-state index is 12.6. The summed E-state index contributed by atoms with van der Waals surface area (Å²) in [5, 5.41) is 3.43. The van der Waals surface area contributed by atoms with Crippen LogP contribution in [0.2, 0.25) is 5.02 Å². The third kappa shape index (κ3) is 3.10. The molecular formula is C16H14ClF3N2. The molecule has 1 aromatic carbocycles. The summed E-state index contributed by atoms with van der Waals surface area (Å²) in [5.41, 5.74) is 2.07. The van der Waals surface area contributed by atoms with Crippen molar-refractivity contribution in [1.29, 1.82) is 0 Å². The molecular weight excluding hydrogens is 313 g/mol. The molecule has 6 heteroatoms. The first-order chi connectivity index (χ1) is 10.4. The second kappa shape index (κ2) is 5.89. The van der Waals surface area contributed by atoms with E-state index in [1.165, 1.54) is 5.56 Å². The fraction of sp³-hybridized carbons (Fsp3) is 0.312. The van der Waals surface area contributed by atoms with Crippen molar-refractivity contribution in [3.05, 3.63) is 63.9 Å². The highest BCUT2D eigenvalue weighted by Crippen LogP contribution is 2.33. The minimum absolute atomic E-state index is 0.0201. The molecule has 1 aliphatic rings. The van der Waals surface area contributed by atoms with Crippen LogP contribution in [0.3, 0.4) is 0 Å². The van der Waals surface area contributed by atoms with Gasteiger partial charge in [-0.2, -0.15) is 13.2 Å². The summed E-state index contributed by atoms with van der Waals surface area (Å²) in [6, 6.07) is 9.02. The molecule has 1 aliphatic heterocycles. The molecule has 3 rings (SSSR count).